The Morgan fingerprint density at radius 1 is 0.396 bits per heavy atom. The molecule has 0 amide bonds. The summed E-state index contributed by atoms with van der Waals surface area (Å²) < 4.78 is 29.9. The highest BCUT2D eigenvalue weighted by atomic mass is 16.6. The number of aliphatic hydroxyl groups is 6. The molecule has 11 nitrogen and oxygen atoms in total. The van der Waals surface area contributed by atoms with Gasteiger partial charge in [-0.25, -0.2) is 0 Å². The molecule has 4 rings (SSSR count). The minimum absolute atomic E-state index is 0.110. The quantitative estimate of drug-likeness (QED) is 0.0899. The molecule has 0 bridgehead atoms. The third-order valence-electron chi connectivity index (χ3n) is 14.1. The molecular weight excluding hydrogens is 680 g/mol. The second-order valence-electron chi connectivity index (χ2n) is 18.3. The fraction of sp³-hybridized carbons (Fsp3) is 1.00. The van der Waals surface area contributed by atoms with E-state index in [4.69, 9.17) is 33.9 Å². The number of rotatable bonds is 22. The van der Waals surface area contributed by atoms with E-state index in [0.717, 1.165) is 103 Å². The second-order valence-corrected chi connectivity index (χ2v) is 18.3. The largest absolute Gasteiger partial charge is 0.394 e. The van der Waals surface area contributed by atoms with Crippen LogP contribution in [0.25, 0.3) is 0 Å². The first-order chi connectivity index (χ1) is 25.3. The summed E-state index contributed by atoms with van der Waals surface area (Å²) in [5.74, 6) is 2.60. The first kappa shape index (κ1) is 45.3. The molecule has 4 aliphatic carbocycles. The monoisotopic (exact) mass is 759 g/mol. The Balaban J connectivity index is 1.05. The van der Waals surface area contributed by atoms with E-state index in [1.165, 1.54) is 0 Å². The topological polar surface area (TPSA) is 168 Å². The Bertz CT molecular complexity index is 964. The van der Waals surface area contributed by atoms with Gasteiger partial charge in [0.05, 0.1) is 77.3 Å². The van der Waals surface area contributed by atoms with Crippen molar-refractivity contribution in [3.8, 4) is 0 Å². The molecular formula is C42H78O11. The summed E-state index contributed by atoms with van der Waals surface area (Å²) in [6, 6.07) is 0. The van der Waals surface area contributed by atoms with E-state index in [9.17, 15) is 20.4 Å². The van der Waals surface area contributed by atoms with Gasteiger partial charge < -0.3 is 54.3 Å². The summed E-state index contributed by atoms with van der Waals surface area (Å²) in [7, 11) is 0. The fourth-order valence-electron chi connectivity index (χ4n) is 10.1. The summed E-state index contributed by atoms with van der Waals surface area (Å²) >= 11 is 0. The smallest absolute Gasteiger partial charge is 0.104 e. The predicted molar refractivity (Wildman–Crippen MR) is 203 cm³/mol. The van der Waals surface area contributed by atoms with Crippen molar-refractivity contribution in [2.75, 3.05) is 52.9 Å². The molecule has 4 unspecified atom stereocenters. The highest BCUT2D eigenvalue weighted by Gasteiger charge is 2.42. The van der Waals surface area contributed by atoms with Crippen LogP contribution in [0.4, 0.5) is 0 Å². The van der Waals surface area contributed by atoms with Crippen molar-refractivity contribution in [3.63, 3.8) is 0 Å². The van der Waals surface area contributed by atoms with Gasteiger partial charge in [0, 0.05) is 0 Å². The Morgan fingerprint density at radius 2 is 0.679 bits per heavy atom. The Morgan fingerprint density at radius 3 is 0.962 bits per heavy atom. The lowest BCUT2D eigenvalue weighted by Gasteiger charge is -2.46. The van der Waals surface area contributed by atoms with E-state index in [1.807, 2.05) is 0 Å². The van der Waals surface area contributed by atoms with Gasteiger partial charge in [0.15, 0.2) is 0 Å². The van der Waals surface area contributed by atoms with Gasteiger partial charge in [0.25, 0.3) is 0 Å². The van der Waals surface area contributed by atoms with E-state index < -0.39 is 24.4 Å². The van der Waals surface area contributed by atoms with E-state index in [-0.39, 0.29) is 81.5 Å². The number of hydrogen-bond acceptors (Lipinski definition) is 11. The van der Waals surface area contributed by atoms with Crippen LogP contribution >= 0.6 is 0 Å². The van der Waals surface area contributed by atoms with E-state index in [0.29, 0.717) is 30.3 Å². The highest BCUT2D eigenvalue weighted by molar-refractivity contribution is 4.92. The minimum atomic E-state index is -0.793. The average Bonchev–Trinajstić information content (AvgIpc) is 3.18. The number of ether oxygens (including phenoxy) is 5. The third kappa shape index (κ3) is 14.2. The van der Waals surface area contributed by atoms with Crippen molar-refractivity contribution >= 4 is 0 Å². The maximum absolute atomic E-state index is 10.6. The van der Waals surface area contributed by atoms with Gasteiger partial charge in [-0.05, 0) is 137 Å². The molecule has 11 heteroatoms. The molecule has 0 spiro atoms. The molecule has 0 radical (unpaired) electrons. The zero-order valence-corrected chi connectivity index (χ0v) is 33.6. The third-order valence-corrected chi connectivity index (χ3v) is 14.1. The number of aliphatic hydroxyl groups excluding tert-OH is 6. The molecule has 0 heterocycles. The van der Waals surface area contributed by atoms with Gasteiger partial charge in [-0.2, -0.15) is 0 Å². The van der Waals surface area contributed by atoms with Crippen molar-refractivity contribution in [2.24, 2.45) is 34.5 Å². The Hall–Kier alpha value is -0.440. The van der Waals surface area contributed by atoms with E-state index >= 15 is 0 Å². The molecule has 312 valence electrons. The minimum Gasteiger partial charge on any atom is -0.394 e. The zero-order chi connectivity index (χ0) is 38.4. The summed E-state index contributed by atoms with van der Waals surface area (Å²) in [5.41, 5.74) is 0.492. The SMILES string of the molecule is CC(C)(C1CCC(OCC(O)CO)CC1)C1CCC(OCC(O)COC(CO)COC2CCC(C(C)(C)C3CCC(OCC(O)CO)CC3)CC2)CC1. The Kier molecular flexibility index (Phi) is 19.2. The Labute approximate surface area is 320 Å². The van der Waals surface area contributed by atoms with Gasteiger partial charge in [-0.15, -0.1) is 0 Å². The molecule has 4 saturated carbocycles. The molecule has 4 fully saturated rings. The van der Waals surface area contributed by atoms with Crippen LogP contribution in [0.2, 0.25) is 0 Å². The summed E-state index contributed by atoms with van der Waals surface area (Å²) in [6.45, 7) is 10.1. The second kappa shape index (κ2) is 22.5. The predicted octanol–water partition coefficient (Wildman–Crippen LogP) is 4.79. The van der Waals surface area contributed by atoms with E-state index in [2.05, 4.69) is 27.7 Å². The maximum Gasteiger partial charge on any atom is 0.104 e. The van der Waals surface area contributed by atoms with Gasteiger partial charge in [0.1, 0.15) is 24.4 Å². The van der Waals surface area contributed by atoms with Gasteiger partial charge in [-0.3, -0.25) is 0 Å². The highest BCUT2D eigenvalue weighted by Crippen LogP contribution is 2.50. The van der Waals surface area contributed by atoms with Crippen molar-refractivity contribution < 1.29 is 54.3 Å². The average molecular weight is 759 g/mol. The lowest BCUT2D eigenvalue weighted by atomic mass is 9.60. The molecule has 0 aromatic heterocycles. The summed E-state index contributed by atoms with van der Waals surface area (Å²) in [6.07, 6.45) is 15.0. The van der Waals surface area contributed by atoms with Gasteiger partial charge in [-0.1, -0.05) is 27.7 Å². The summed E-state index contributed by atoms with van der Waals surface area (Å²) in [5, 5.41) is 57.9. The van der Waals surface area contributed by atoms with Crippen LogP contribution in [-0.4, -0.2) is 132 Å². The molecule has 0 aliphatic heterocycles. The fourth-order valence-corrected chi connectivity index (χ4v) is 10.1. The molecule has 6 N–H and O–H groups in total. The van der Waals surface area contributed by atoms with Gasteiger partial charge >= 0.3 is 0 Å². The van der Waals surface area contributed by atoms with Gasteiger partial charge in [0.2, 0.25) is 0 Å². The molecule has 0 aromatic carbocycles. The zero-order valence-electron chi connectivity index (χ0n) is 33.6. The van der Waals surface area contributed by atoms with Crippen LogP contribution in [0.5, 0.6) is 0 Å². The lowest BCUT2D eigenvalue weighted by molar-refractivity contribution is -0.111. The van der Waals surface area contributed by atoms with Crippen molar-refractivity contribution in [1.29, 1.82) is 0 Å². The number of hydrogen-bond donors (Lipinski definition) is 6. The van der Waals surface area contributed by atoms with Crippen LogP contribution in [-0.2, 0) is 23.7 Å². The van der Waals surface area contributed by atoms with Crippen molar-refractivity contribution in [2.45, 2.75) is 179 Å². The van der Waals surface area contributed by atoms with Crippen molar-refractivity contribution in [1.82, 2.24) is 0 Å². The lowest BCUT2D eigenvalue weighted by Crippen LogP contribution is -2.40. The molecule has 4 aliphatic rings. The first-order valence-electron chi connectivity index (χ1n) is 21.3. The van der Waals surface area contributed by atoms with Crippen LogP contribution in [0.15, 0.2) is 0 Å². The normalized spacial score (nSPS) is 32.9. The van der Waals surface area contributed by atoms with Crippen LogP contribution in [0.3, 0.4) is 0 Å². The molecule has 4 atom stereocenters. The molecule has 0 aromatic rings. The summed E-state index contributed by atoms with van der Waals surface area (Å²) in [4.78, 5) is 0. The van der Waals surface area contributed by atoms with E-state index in [1.54, 1.807) is 0 Å². The van der Waals surface area contributed by atoms with Crippen LogP contribution in [0, 0.1) is 34.5 Å². The first-order valence-corrected chi connectivity index (χ1v) is 21.3. The molecule has 0 saturated heterocycles. The van der Waals surface area contributed by atoms with Crippen LogP contribution in [0.1, 0.15) is 130 Å². The van der Waals surface area contributed by atoms with Crippen molar-refractivity contribution in [3.05, 3.63) is 0 Å². The maximum atomic E-state index is 10.6. The van der Waals surface area contributed by atoms with Crippen LogP contribution < -0.4 is 0 Å². The molecule has 53 heavy (non-hydrogen) atoms. The standard InChI is InChI=1S/C42H78O11/c1-41(2,29-5-13-36(14-6-29)49-24-33(46)21-43)31-9-17-38(18-10-31)51-26-35(48)27-52-40(23-45)28-53-39-19-11-32(12-20-39)42(3,4)30-7-15-37(16-8-30)50-25-34(47)22-44/h29-40,43-48H,5-28H2,1-4H3.